The molecule has 0 saturated heterocycles. The highest BCUT2D eigenvalue weighted by Gasteiger charge is 2.21. The highest BCUT2D eigenvalue weighted by atomic mass is 127. The van der Waals surface area contributed by atoms with Crippen LogP contribution in [-0.2, 0) is 4.74 Å². The fraction of sp³-hybridized carbons (Fsp3) is 1.00. The van der Waals surface area contributed by atoms with E-state index in [1.807, 2.05) is 6.92 Å². The van der Waals surface area contributed by atoms with E-state index in [0.717, 1.165) is 17.5 Å². The van der Waals surface area contributed by atoms with Crippen LogP contribution in [0.5, 0.6) is 0 Å². The van der Waals surface area contributed by atoms with Crippen molar-refractivity contribution in [3.05, 3.63) is 0 Å². The third-order valence-corrected chi connectivity index (χ3v) is 3.40. The number of halogens is 2. The SMILES string of the molecule is CCCOC(C)(CCl)CI. The van der Waals surface area contributed by atoms with Crippen molar-refractivity contribution >= 4 is 34.2 Å². The van der Waals surface area contributed by atoms with Gasteiger partial charge in [-0.15, -0.1) is 11.6 Å². The van der Waals surface area contributed by atoms with Crippen LogP contribution in [0.1, 0.15) is 20.3 Å². The van der Waals surface area contributed by atoms with E-state index in [1.54, 1.807) is 0 Å². The van der Waals surface area contributed by atoms with E-state index < -0.39 is 0 Å². The minimum atomic E-state index is -0.113. The predicted octanol–water partition coefficient (Wildman–Crippen LogP) is 2.85. The molecule has 0 heterocycles. The molecule has 0 saturated carbocycles. The van der Waals surface area contributed by atoms with E-state index in [9.17, 15) is 0 Å². The van der Waals surface area contributed by atoms with Gasteiger partial charge in [0.2, 0.25) is 0 Å². The van der Waals surface area contributed by atoms with E-state index in [-0.39, 0.29) is 5.60 Å². The summed E-state index contributed by atoms with van der Waals surface area (Å²) in [6, 6.07) is 0. The lowest BCUT2D eigenvalue weighted by atomic mass is 10.2. The van der Waals surface area contributed by atoms with Gasteiger partial charge in [-0.3, -0.25) is 0 Å². The highest BCUT2D eigenvalue weighted by molar-refractivity contribution is 14.1. The van der Waals surface area contributed by atoms with Crippen LogP contribution in [-0.4, -0.2) is 22.5 Å². The summed E-state index contributed by atoms with van der Waals surface area (Å²) < 4.78 is 6.49. The Bertz CT molecular complexity index is 83.7. The Morgan fingerprint density at radius 1 is 1.60 bits per heavy atom. The molecule has 0 radical (unpaired) electrons. The molecule has 3 heteroatoms. The summed E-state index contributed by atoms with van der Waals surface area (Å²) in [5.41, 5.74) is -0.113. The third-order valence-electron chi connectivity index (χ3n) is 1.22. The van der Waals surface area contributed by atoms with Gasteiger partial charge >= 0.3 is 0 Å². The van der Waals surface area contributed by atoms with Crippen LogP contribution in [0.15, 0.2) is 0 Å². The Balaban J connectivity index is 3.58. The van der Waals surface area contributed by atoms with Gasteiger partial charge in [-0.1, -0.05) is 29.5 Å². The molecule has 0 aromatic heterocycles. The minimum absolute atomic E-state index is 0.113. The Morgan fingerprint density at radius 3 is 2.50 bits per heavy atom. The summed E-state index contributed by atoms with van der Waals surface area (Å²) in [6.45, 7) is 4.95. The van der Waals surface area contributed by atoms with Crippen LogP contribution in [0.25, 0.3) is 0 Å². The molecule has 1 unspecified atom stereocenters. The van der Waals surface area contributed by atoms with Gasteiger partial charge in [0, 0.05) is 11.0 Å². The molecule has 0 bridgehead atoms. The average Bonchev–Trinajstić information content (AvgIpc) is 2.00. The van der Waals surface area contributed by atoms with Crippen LogP contribution < -0.4 is 0 Å². The normalized spacial score (nSPS) is 16.8. The quantitative estimate of drug-likeness (QED) is 0.554. The molecule has 1 atom stereocenters. The highest BCUT2D eigenvalue weighted by Crippen LogP contribution is 2.15. The molecule has 0 aliphatic heterocycles. The van der Waals surface area contributed by atoms with E-state index in [2.05, 4.69) is 29.5 Å². The smallest absolute Gasteiger partial charge is 0.0878 e. The number of alkyl halides is 2. The van der Waals surface area contributed by atoms with Crippen molar-refractivity contribution in [1.29, 1.82) is 0 Å². The van der Waals surface area contributed by atoms with E-state index in [1.165, 1.54) is 0 Å². The molecule has 0 rings (SSSR count). The second-order valence-corrected chi connectivity index (χ2v) is 3.60. The van der Waals surface area contributed by atoms with Crippen molar-refractivity contribution in [2.24, 2.45) is 0 Å². The van der Waals surface area contributed by atoms with Crippen molar-refractivity contribution in [3.8, 4) is 0 Å². The molecular formula is C7H14ClIO. The van der Waals surface area contributed by atoms with Gasteiger partial charge < -0.3 is 4.74 Å². The molecule has 0 amide bonds. The zero-order valence-corrected chi connectivity index (χ0v) is 9.41. The first-order valence-corrected chi connectivity index (χ1v) is 5.50. The molecule has 0 aromatic rings. The van der Waals surface area contributed by atoms with E-state index in [0.29, 0.717) is 5.88 Å². The topological polar surface area (TPSA) is 9.23 Å². The molecule has 0 aliphatic rings. The molecule has 0 N–H and O–H groups in total. The maximum atomic E-state index is 5.71. The predicted molar refractivity (Wildman–Crippen MR) is 54.3 cm³/mol. The van der Waals surface area contributed by atoms with Crippen molar-refractivity contribution in [1.82, 2.24) is 0 Å². The van der Waals surface area contributed by atoms with Crippen molar-refractivity contribution in [3.63, 3.8) is 0 Å². The van der Waals surface area contributed by atoms with Gasteiger partial charge in [0.05, 0.1) is 11.5 Å². The van der Waals surface area contributed by atoms with Gasteiger partial charge in [0.25, 0.3) is 0 Å². The Morgan fingerprint density at radius 2 is 2.20 bits per heavy atom. The third kappa shape index (κ3) is 3.98. The molecule has 1 nitrogen and oxygen atoms in total. The molecule has 0 aromatic carbocycles. The fourth-order valence-electron chi connectivity index (χ4n) is 0.461. The van der Waals surface area contributed by atoms with Crippen LogP contribution >= 0.6 is 34.2 Å². The maximum absolute atomic E-state index is 5.71. The number of hydrogen-bond acceptors (Lipinski definition) is 1. The molecule has 10 heavy (non-hydrogen) atoms. The second kappa shape index (κ2) is 5.61. The Labute approximate surface area is 81.6 Å². The summed E-state index contributed by atoms with van der Waals surface area (Å²) in [6.07, 6.45) is 1.06. The Hall–Kier alpha value is 0.980. The first-order valence-electron chi connectivity index (χ1n) is 3.44. The number of rotatable bonds is 5. The first-order chi connectivity index (χ1) is 4.68. The lowest BCUT2D eigenvalue weighted by molar-refractivity contribution is 0.00630. The molecule has 0 aliphatic carbocycles. The van der Waals surface area contributed by atoms with Crippen LogP contribution in [0.2, 0.25) is 0 Å². The summed E-state index contributed by atoms with van der Waals surface area (Å²) in [5, 5.41) is 0. The molecule has 62 valence electrons. The van der Waals surface area contributed by atoms with E-state index in [4.69, 9.17) is 16.3 Å². The molecule has 0 fully saturated rings. The molecule has 0 spiro atoms. The minimum Gasteiger partial charge on any atom is -0.373 e. The monoisotopic (exact) mass is 276 g/mol. The summed E-state index contributed by atoms with van der Waals surface area (Å²) >= 11 is 8.01. The van der Waals surface area contributed by atoms with Gasteiger partial charge in [0.1, 0.15) is 0 Å². The van der Waals surface area contributed by atoms with Crippen molar-refractivity contribution in [2.45, 2.75) is 25.9 Å². The zero-order chi connectivity index (χ0) is 8.04. The first kappa shape index (κ1) is 11.0. The van der Waals surface area contributed by atoms with Gasteiger partial charge in [-0.2, -0.15) is 0 Å². The average molecular weight is 277 g/mol. The summed E-state index contributed by atoms with van der Waals surface area (Å²) in [4.78, 5) is 0. The second-order valence-electron chi connectivity index (χ2n) is 2.57. The van der Waals surface area contributed by atoms with Gasteiger partial charge in [-0.25, -0.2) is 0 Å². The Kier molecular flexibility index (Phi) is 6.16. The van der Waals surface area contributed by atoms with Crippen LogP contribution in [0.4, 0.5) is 0 Å². The standard InChI is InChI=1S/C7H14ClIO/c1-3-4-10-7(2,5-8)6-9/h3-6H2,1-2H3. The zero-order valence-electron chi connectivity index (χ0n) is 6.49. The summed E-state index contributed by atoms with van der Waals surface area (Å²) in [5.74, 6) is 0.579. The van der Waals surface area contributed by atoms with Crippen LogP contribution in [0, 0.1) is 0 Å². The lowest BCUT2D eigenvalue weighted by Crippen LogP contribution is -2.33. The fourth-order valence-corrected chi connectivity index (χ4v) is 1.44. The van der Waals surface area contributed by atoms with Crippen molar-refractivity contribution in [2.75, 3.05) is 16.9 Å². The largest absolute Gasteiger partial charge is 0.373 e. The lowest BCUT2D eigenvalue weighted by Gasteiger charge is -2.24. The van der Waals surface area contributed by atoms with E-state index >= 15 is 0 Å². The van der Waals surface area contributed by atoms with Crippen molar-refractivity contribution < 1.29 is 4.74 Å². The van der Waals surface area contributed by atoms with Gasteiger partial charge in [0.15, 0.2) is 0 Å². The number of hydrogen-bond donors (Lipinski definition) is 0. The van der Waals surface area contributed by atoms with Gasteiger partial charge in [-0.05, 0) is 13.3 Å². The number of ether oxygens (including phenoxy) is 1. The summed E-state index contributed by atoms with van der Waals surface area (Å²) in [7, 11) is 0. The molecular weight excluding hydrogens is 262 g/mol. The maximum Gasteiger partial charge on any atom is 0.0878 e. The van der Waals surface area contributed by atoms with Crippen LogP contribution in [0.3, 0.4) is 0 Å².